The summed E-state index contributed by atoms with van der Waals surface area (Å²) in [5.74, 6) is 0.0633. The van der Waals surface area contributed by atoms with E-state index in [1.54, 1.807) is 12.1 Å². The Morgan fingerprint density at radius 3 is 2.59 bits per heavy atom. The molecule has 1 unspecified atom stereocenters. The molecule has 140 valence electrons. The maximum Gasteiger partial charge on any atom is 0.230 e. The van der Waals surface area contributed by atoms with Crippen molar-refractivity contribution >= 4 is 17.4 Å². The Balaban J connectivity index is 1.51. The van der Waals surface area contributed by atoms with Gasteiger partial charge in [-0.2, -0.15) is 0 Å². The van der Waals surface area contributed by atoms with Gasteiger partial charge in [-0.15, -0.1) is 0 Å². The minimum absolute atomic E-state index is 0.114. The summed E-state index contributed by atoms with van der Waals surface area (Å²) >= 11 is 0. The Hall–Kier alpha value is -2.49. The van der Waals surface area contributed by atoms with E-state index in [-0.39, 0.29) is 29.3 Å². The van der Waals surface area contributed by atoms with E-state index in [0.29, 0.717) is 6.42 Å². The third-order valence-corrected chi connectivity index (χ3v) is 5.69. The van der Waals surface area contributed by atoms with E-state index in [0.717, 1.165) is 54.6 Å². The van der Waals surface area contributed by atoms with Crippen molar-refractivity contribution in [2.24, 2.45) is 5.92 Å². The molecule has 0 radical (unpaired) electrons. The average Bonchev–Trinajstić information content (AvgIpc) is 3.53. The topological polar surface area (TPSA) is 37.4 Å². The molecular weight excluding hydrogens is 341 g/mol. The Morgan fingerprint density at radius 2 is 1.89 bits per heavy atom. The minimum Gasteiger partial charge on any atom is -0.312 e. The van der Waals surface area contributed by atoms with Gasteiger partial charge in [0.1, 0.15) is 11.6 Å². The van der Waals surface area contributed by atoms with Crippen molar-refractivity contribution < 1.29 is 14.0 Å². The van der Waals surface area contributed by atoms with Crippen molar-refractivity contribution in [2.45, 2.75) is 44.9 Å². The first-order valence-corrected chi connectivity index (χ1v) is 9.74. The number of amides is 1. The second kappa shape index (κ2) is 7.26. The van der Waals surface area contributed by atoms with Gasteiger partial charge in [0.05, 0.1) is 0 Å². The predicted molar refractivity (Wildman–Crippen MR) is 103 cm³/mol. The third kappa shape index (κ3) is 3.80. The molecule has 1 aliphatic carbocycles. The number of anilines is 1. The number of fused-ring (bicyclic) bond motifs is 1. The molecule has 1 heterocycles. The van der Waals surface area contributed by atoms with Gasteiger partial charge >= 0.3 is 0 Å². The molecular formula is C23H24FNO2. The van der Waals surface area contributed by atoms with Crippen molar-refractivity contribution in [3.63, 3.8) is 0 Å². The molecule has 27 heavy (non-hydrogen) atoms. The number of carbonyl (C=O) groups is 2. The van der Waals surface area contributed by atoms with E-state index >= 15 is 0 Å². The lowest BCUT2D eigenvalue weighted by molar-refractivity contribution is -0.120. The van der Waals surface area contributed by atoms with Crippen molar-refractivity contribution in [1.82, 2.24) is 0 Å². The van der Waals surface area contributed by atoms with Crippen LogP contribution in [0, 0.1) is 11.7 Å². The van der Waals surface area contributed by atoms with Crippen LogP contribution in [-0.4, -0.2) is 18.2 Å². The van der Waals surface area contributed by atoms with Crippen LogP contribution >= 0.6 is 0 Å². The van der Waals surface area contributed by atoms with Crippen LogP contribution in [0.3, 0.4) is 0 Å². The monoisotopic (exact) mass is 365 g/mol. The van der Waals surface area contributed by atoms with Crippen molar-refractivity contribution in [3.05, 3.63) is 65.0 Å². The Kier molecular flexibility index (Phi) is 4.81. The molecule has 1 fully saturated rings. The van der Waals surface area contributed by atoms with Gasteiger partial charge in [-0.05, 0) is 60.6 Å². The maximum atomic E-state index is 13.0. The molecule has 0 bridgehead atoms. The lowest BCUT2D eigenvalue weighted by Gasteiger charge is -2.30. The molecule has 0 spiro atoms. The van der Waals surface area contributed by atoms with Gasteiger partial charge in [0, 0.05) is 30.5 Å². The summed E-state index contributed by atoms with van der Waals surface area (Å²) in [6.07, 6.45) is 4.23. The highest BCUT2D eigenvalue weighted by molar-refractivity contribution is 5.97. The highest BCUT2D eigenvalue weighted by Crippen LogP contribution is 2.37. The van der Waals surface area contributed by atoms with Crippen LogP contribution in [0.1, 0.15) is 48.8 Å². The summed E-state index contributed by atoms with van der Waals surface area (Å²) in [4.78, 5) is 27.1. The highest BCUT2D eigenvalue weighted by Gasteiger charge is 2.35. The molecule has 0 N–H and O–H groups in total. The molecule has 0 saturated heterocycles. The maximum absolute atomic E-state index is 13.0. The van der Waals surface area contributed by atoms with E-state index in [4.69, 9.17) is 0 Å². The molecule has 4 heteroatoms. The van der Waals surface area contributed by atoms with Crippen molar-refractivity contribution in [1.29, 1.82) is 0 Å². The van der Waals surface area contributed by atoms with E-state index in [1.165, 1.54) is 12.1 Å². The van der Waals surface area contributed by atoms with Crippen LogP contribution in [0.4, 0.5) is 10.1 Å². The molecule has 2 aliphatic rings. The molecule has 1 atom stereocenters. The van der Waals surface area contributed by atoms with Crippen molar-refractivity contribution in [3.8, 4) is 0 Å². The molecule has 1 saturated carbocycles. The standard InChI is InChI=1S/C23H24FNO2/c1-15(22(26)13-16-4-9-20(24)10-5-16)18-8-11-21-19(14-18)3-2-12-25(21)23(27)17-6-7-17/h4-5,8-11,14-15,17H,2-3,6-7,12-13H2,1H3. The molecule has 4 rings (SSSR count). The Bertz CT molecular complexity index is 870. The number of nitrogens with zero attached hydrogens (tertiary/aromatic N) is 1. The average molecular weight is 365 g/mol. The molecule has 3 nitrogen and oxygen atoms in total. The van der Waals surface area contributed by atoms with Gasteiger partial charge in [0.25, 0.3) is 0 Å². The Labute approximate surface area is 159 Å². The number of Topliss-reactive ketones (excluding diaryl/α,β-unsaturated/α-hetero) is 1. The zero-order chi connectivity index (χ0) is 19.0. The quantitative estimate of drug-likeness (QED) is 0.786. The summed E-state index contributed by atoms with van der Waals surface area (Å²) in [7, 11) is 0. The van der Waals surface area contributed by atoms with Gasteiger partial charge in [0.2, 0.25) is 5.91 Å². The van der Waals surface area contributed by atoms with Gasteiger partial charge in [-0.1, -0.05) is 31.2 Å². The van der Waals surface area contributed by atoms with E-state index in [2.05, 4.69) is 6.07 Å². The zero-order valence-corrected chi connectivity index (χ0v) is 15.6. The summed E-state index contributed by atoms with van der Waals surface area (Å²) in [6, 6.07) is 12.2. The fourth-order valence-corrected chi connectivity index (χ4v) is 3.81. The number of carbonyl (C=O) groups excluding carboxylic acids is 2. The van der Waals surface area contributed by atoms with Crippen LogP contribution in [0.25, 0.3) is 0 Å². The van der Waals surface area contributed by atoms with Gasteiger partial charge in [0.15, 0.2) is 0 Å². The first-order valence-electron chi connectivity index (χ1n) is 9.74. The first-order chi connectivity index (χ1) is 13.0. The molecule has 0 aromatic heterocycles. The second-order valence-corrected chi connectivity index (χ2v) is 7.75. The summed E-state index contributed by atoms with van der Waals surface area (Å²) in [6.45, 7) is 2.71. The predicted octanol–water partition coefficient (Wildman–Crippen LogP) is 4.43. The number of aryl methyl sites for hydroxylation is 1. The van der Waals surface area contributed by atoms with Crippen molar-refractivity contribution in [2.75, 3.05) is 11.4 Å². The Morgan fingerprint density at radius 1 is 1.15 bits per heavy atom. The molecule has 2 aromatic rings. The zero-order valence-electron chi connectivity index (χ0n) is 15.6. The smallest absolute Gasteiger partial charge is 0.230 e. The second-order valence-electron chi connectivity index (χ2n) is 7.75. The summed E-state index contributed by atoms with van der Waals surface area (Å²) in [5, 5.41) is 0. The number of benzene rings is 2. The number of hydrogen-bond acceptors (Lipinski definition) is 2. The molecule has 2 aromatic carbocycles. The lowest BCUT2D eigenvalue weighted by Crippen LogP contribution is -2.36. The van der Waals surface area contributed by atoms with E-state index in [9.17, 15) is 14.0 Å². The van der Waals surface area contributed by atoms with E-state index in [1.807, 2.05) is 24.0 Å². The number of rotatable bonds is 5. The molecule has 1 amide bonds. The van der Waals surface area contributed by atoms with Crippen LogP contribution in [0.5, 0.6) is 0 Å². The summed E-state index contributed by atoms with van der Waals surface area (Å²) < 4.78 is 13.0. The number of halogens is 1. The fourth-order valence-electron chi connectivity index (χ4n) is 3.81. The van der Waals surface area contributed by atoms with E-state index < -0.39 is 0 Å². The van der Waals surface area contributed by atoms with Crippen LogP contribution < -0.4 is 4.90 Å². The largest absolute Gasteiger partial charge is 0.312 e. The SMILES string of the molecule is CC(C(=O)Cc1ccc(F)cc1)c1ccc2c(c1)CCCN2C(=O)C1CC1. The highest BCUT2D eigenvalue weighted by atomic mass is 19.1. The van der Waals surface area contributed by atoms with Crippen LogP contribution in [-0.2, 0) is 22.4 Å². The first kappa shape index (κ1) is 17.9. The normalized spacial score (nSPS) is 17.3. The van der Waals surface area contributed by atoms with Crippen LogP contribution in [0.15, 0.2) is 42.5 Å². The van der Waals surface area contributed by atoms with Crippen LogP contribution in [0.2, 0.25) is 0 Å². The number of ketones is 1. The summed E-state index contributed by atoms with van der Waals surface area (Å²) in [5.41, 5.74) is 3.99. The number of hydrogen-bond donors (Lipinski definition) is 0. The minimum atomic E-state index is -0.292. The van der Waals surface area contributed by atoms with Gasteiger partial charge < -0.3 is 4.90 Å². The fraction of sp³-hybridized carbons (Fsp3) is 0.391. The lowest BCUT2D eigenvalue weighted by atomic mass is 9.89. The molecule has 1 aliphatic heterocycles. The third-order valence-electron chi connectivity index (χ3n) is 5.69. The van der Waals surface area contributed by atoms with Gasteiger partial charge in [-0.3, -0.25) is 9.59 Å². The van der Waals surface area contributed by atoms with Gasteiger partial charge in [-0.25, -0.2) is 4.39 Å².